The number of nitro benzene ring substituents is 1. The van der Waals surface area contributed by atoms with E-state index in [9.17, 15) is 23.7 Å². The fraction of sp³-hybridized carbons (Fsp3) is 0.462. The Hall–Kier alpha value is -2.09. The minimum Gasteiger partial charge on any atom is -0.349 e. The van der Waals surface area contributed by atoms with Crippen LogP contribution >= 0.6 is 0 Å². The summed E-state index contributed by atoms with van der Waals surface area (Å²) in [5.41, 5.74) is -1.54. The summed E-state index contributed by atoms with van der Waals surface area (Å²) in [4.78, 5) is 23.2. The van der Waals surface area contributed by atoms with Crippen molar-refractivity contribution in [1.29, 1.82) is 0 Å². The summed E-state index contributed by atoms with van der Waals surface area (Å²) in [6.45, 7) is 2.46. The highest BCUT2D eigenvalue weighted by molar-refractivity contribution is 5.94. The maximum absolute atomic E-state index is 13.7. The lowest BCUT2D eigenvalue weighted by Gasteiger charge is -2.16. The standard InChI is InChI=1S/C13H17F2N3O3/c1-8(4-5-17(2)3)16-13(19)9-6-11(15)12(18(20)21)7-10(9)14/h6-8H,4-5H2,1-3H3,(H,16,19). The zero-order chi connectivity index (χ0) is 16.2. The summed E-state index contributed by atoms with van der Waals surface area (Å²) in [7, 11) is 3.75. The van der Waals surface area contributed by atoms with Crippen molar-refractivity contribution in [3.05, 3.63) is 39.4 Å². The Bertz CT molecular complexity index is 550. The van der Waals surface area contributed by atoms with Crippen LogP contribution in [0, 0.1) is 21.7 Å². The second-order valence-electron chi connectivity index (χ2n) is 5.01. The van der Waals surface area contributed by atoms with E-state index in [0.717, 1.165) is 6.54 Å². The molecule has 0 saturated heterocycles. The predicted octanol–water partition coefficient (Wildman–Crippen LogP) is 1.94. The van der Waals surface area contributed by atoms with Gasteiger partial charge >= 0.3 is 5.69 Å². The number of hydrogen-bond acceptors (Lipinski definition) is 4. The molecule has 0 aliphatic heterocycles. The van der Waals surface area contributed by atoms with Gasteiger partial charge in [-0.2, -0.15) is 4.39 Å². The molecule has 0 radical (unpaired) electrons. The lowest BCUT2D eigenvalue weighted by Crippen LogP contribution is -2.35. The van der Waals surface area contributed by atoms with E-state index >= 15 is 0 Å². The van der Waals surface area contributed by atoms with Gasteiger partial charge in [0.1, 0.15) is 5.82 Å². The van der Waals surface area contributed by atoms with E-state index in [1.54, 1.807) is 6.92 Å². The summed E-state index contributed by atoms with van der Waals surface area (Å²) in [5, 5.41) is 13.0. The Morgan fingerprint density at radius 2 is 2.00 bits per heavy atom. The first-order valence-corrected chi connectivity index (χ1v) is 6.31. The Morgan fingerprint density at radius 1 is 1.38 bits per heavy atom. The Kier molecular flexibility index (Phi) is 5.71. The van der Waals surface area contributed by atoms with Crippen molar-refractivity contribution >= 4 is 11.6 Å². The topological polar surface area (TPSA) is 75.5 Å². The number of nitrogens with zero attached hydrogens (tertiary/aromatic N) is 2. The fourth-order valence-electron chi connectivity index (χ4n) is 1.68. The minimum absolute atomic E-state index is 0.238. The minimum atomic E-state index is -1.24. The van der Waals surface area contributed by atoms with Crippen molar-refractivity contribution in [2.24, 2.45) is 0 Å². The van der Waals surface area contributed by atoms with Gasteiger partial charge < -0.3 is 10.2 Å². The third kappa shape index (κ3) is 4.75. The Balaban J connectivity index is 2.83. The zero-order valence-electron chi connectivity index (χ0n) is 12.0. The number of benzene rings is 1. The first-order chi connectivity index (χ1) is 9.72. The molecule has 21 heavy (non-hydrogen) atoms. The van der Waals surface area contributed by atoms with Crippen LogP contribution in [0.2, 0.25) is 0 Å². The van der Waals surface area contributed by atoms with Crippen molar-refractivity contribution in [2.75, 3.05) is 20.6 Å². The molecule has 0 saturated carbocycles. The molecule has 0 bridgehead atoms. The second kappa shape index (κ2) is 7.07. The molecule has 6 nitrogen and oxygen atoms in total. The first kappa shape index (κ1) is 17.0. The average molecular weight is 301 g/mol. The normalized spacial score (nSPS) is 12.3. The number of rotatable bonds is 6. The number of nitro groups is 1. The number of hydrogen-bond donors (Lipinski definition) is 1. The van der Waals surface area contributed by atoms with Crippen LogP contribution in [-0.2, 0) is 0 Å². The smallest absolute Gasteiger partial charge is 0.307 e. The van der Waals surface area contributed by atoms with Gasteiger partial charge in [-0.1, -0.05) is 0 Å². The van der Waals surface area contributed by atoms with Crippen LogP contribution in [0.15, 0.2) is 12.1 Å². The molecular weight excluding hydrogens is 284 g/mol. The maximum atomic E-state index is 13.7. The van der Waals surface area contributed by atoms with Gasteiger partial charge in [-0.3, -0.25) is 14.9 Å². The van der Waals surface area contributed by atoms with Crippen LogP contribution in [-0.4, -0.2) is 42.4 Å². The van der Waals surface area contributed by atoms with Gasteiger partial charge in [0.15, 0.2) is 0 Å². The van der Waals surface area contributed by atoms with Crippen molar-refractivity contribution in [1.82, 2.24) is 10.2 Å². The van der Waals surface area contributed by atoms with Crippen LogP contribution in [0.1, 0.15) is 23.7 Å². The first-order valence-electron chi connectivity index (χ1n) is 6.31. The molecule has 0 heterocycles. The van der Waals surface area contributed by atoms with Crippen molar-refractivity contribution in [3.8, 4) is 0 Å². The van der Waals surface area contributed by atoms with Gasteiger partial charge in [-0.05, 0) is 40.1 Å². The Morgan fingerprint density at radius 3 is 2.52 bits per heavy atom. The van der Waals surface area contributed by atoms with Crippen molar-refractivity contribution in [3.63, 3.8) is 0 Å². The Labute approximate surface area is 120 Å². The summed E-state index contributed by atoms with van der Waals surface area (Å²) < 4.78 is 27.1. The summed E-state index contributed by atoms with van der Waals surface area (Å²) in [6.07, 6.45) is 0.635. The van der Waals surface area contributed by atoms with E-state index in [2.05, 4.69) is 5.32 Å². The molecule has 1 N–H and O–H groups in total. The lowest BCUT2D eigenvalue weighted by atomic mass is 10.1. The lowest BCUT2D eigenvalue weighted by molar-refractivity contribution is -0.387. The highest BCUT2D eigenvalue weighted by Crippen LogP contribution is 2.21. The van der Waals surface area contributed by atoms with Gasteiger partial charge in [0.2, 0.25) is 5.82 Å². The van der Waals surface area contributed by atoms with Gasteiger partial charge in [0.25, 0.3) is 5.91 Å². The largest absolute Gasteiger partial charge is 0.349 e. The van der Waals surface area contributed by atoms with E-state index in [-0.39, 0.29) is 6.04 Å². The third-order valence-corrected chi connectivity index (χ3v) is 2.86. The number of nitrogens with one attached hydrogen (secondary N) is 1. The molecule has 0 aliphatic carbocycles. The summed E-state index contributed by atoms with van der Waals surface area (Å²) in [5.74, 6) is -3.17. The fourth-order valence-corrected chi connectivity index (χ4v) is 1.68. The molecule has 1 aromatic carbocycles. The molecule has 0 aromatic heterocycles. The molecule has 116 valence electrons. The highest BCUT2D eigenvalue weighted by atomic mass is 19.1. The predicted molar refractivity (Wildman–Crippen MR) is 73.1 cm³/mol. The van der Waals surface area contributed by atoms with Crippen LogP contribution < -0.4 is 5.32 Å². The van der Waals surface area contributed by atoms with E-state index in [1.165, 1.54) is 0 Å². The molecule has 1 atom stereocenters. The average Bonchev–Trinajstić information content (AvgIpc) is 2.38. The van der Waals surface area contributed by atoms with Crippen LogP contribution in [0.3, 0.4) is 0 Å². The number of halogens is 2. The van der Waals surface area contributed by atoms with E-state index in [4.69, 9.17) is 0 Å². The van der Waals surface area contributed by atoms with Gasteiger partial charge in [0, 0.05) is 6.04 Å². The molecule has 1 amide bonds. The molecule has 1 unspecified atom stereocenters. The van der Waals surface area contributed by atoms with E-state index < -0.39 is 33.7 Å². The van der Waals surface area contributed by atoms with Crippen molar-refractivity contribution < 1.29 is 18.5 Å². The van der Waals surface area contributed by atoms with Gasteiger partial charge in [-0.25, -0.2) is 4.39 Å². The van der Waals surface area contributed by atoms with E-state index in [1.807, 2.05) is 19.0 Å². The summed E-state index contributed by atoms with van der Waals surface area (Å²) >= 11 is 0. The second-order valence-corrected chi connectivity index (χ2v) is 5.01. The quantitative estimate of drug-likeness (QED) is 0.643. The molecule has 1 rings (SSSR count). The number of amides is 1. The van der Waals surface area contributed by atoms with Crippen LogP contribution in [0.25, 0.3) is 0 Å². The highest BCUT2D eigenvalue weighted by Gasteiger charge is 2.22. The maximum Gasteiger partial charge on any atom is 0.307 e. The monoisotopic (exact) mass is 301 g/mol. The van der Waals surface area contributed by atoms with Crippen LogP contribution in [0.5, 0.6) is 0 Å². The molecule has 0 aliphatic rings. The van der Waals surface area contributed by atoms with Gasteiger partial charge in [0.05, 0.1) is 16.6 Å². The molecule has 8 heteroatoms. The molecule has 0 fully saturated rings. The molecular formula is C13H17F2N3O3. The van der Waals surface area contributed by atoms with Gasteiger partial charge in [-0.15, -0.1) is 0 Å². The summed E-state index contributed by atoms with van der Waals surface area (Å²) in [6, 6.07) is 0.716. The van der Waals surface area contributed by atoms with Crippen molar-refractivity contribution in [2.45, 2.75) is 19.4 Å². The third-order valence-electron chi connectivity index (χ3n) is 2.86. The zero-order valence-corrected chi connectivity index (χ0v) is 12.0. The SMILES string of the molecule is CC(CCN(C)C)NC(=O)c1cc(F)c([N+](=O)[O-])cc1F. The van der Waals surface area contributed by atoms with E-state index in [0.29, 0.717) is 18.6 Å². The number of carbonyl (C=O) groups excluding carboxylic acids is 1. The van der Waals surface area contributed by atoms with Crippen LogP contribution in [0.4, 0.5) is 14.5 Å². The number of carbonyl (C=O) groups is 1. The molecule has 1 aromatic rings. The molecule has 0 spiro atoms.